The van der Waals surface area contributed by atoms with Gasteiger partial charge in [-0.05, 0) is 41.8 Å². The smallest absolute Gasteiger partial charge is 0.161 e. The van der Waals surface area contributed by atoms with Gasteiger partial charge in [0.1, 0.15) is 13.2 Å². The van der Waals surface area contributed by atoms with Gasteiger partial charge in [0.2, 0.25) is 0 Å². The van der Waals surface area contributed by atoms with Gasteiger partial charge in [0.15, 0.2) is 11.5 Å². The first kappa shape index (κ1) is 12.3. The molecule has 4 heteroatoms. The first-order valence-corrected chi connectivity index (χ1v) is 6.73. The van der Waals surface area contributed by atoms with E-state index in [-0.39, 0.29) is 0 Å². The van der Waals surface area contributed by atoms with Gasteiger partial charge in [-0.3, -0.25) is 4.98 Å². The van der Waals surface area contributed by atoms with Crippen LogP contribution in [0.1, 0.15) is 11.3 Å². The number of fused-ring (bicyclic) bond motifs is 1. The van der Waals surface area contributed by atoms with E-state index < -0.39 is 0 Å². The molecule has 3 rings (SSSR count). The normalized spacial score (nSPS) is 13.4. The number of hydrogen-bond acceptors (Lipinski definition) is 3. The topological polar surface area (TPSA) is 31.4 Å². The maximum Gasteiger partial charge on any atom is 0.161 e. The Bertz CT molecular complexity index is 613. The molecule has 0 saturated heterocycles. The summed E-state index contributed by atoms with van der Waals surface area (Å²) in [4.78, 5) is 4.28. The molecule has 2 heterocycles. The van der Waals surface area contributed by atoms with Crippen LogP contribution in [0, 0.1) is 6.92 Å². The first-order chi connectivity index (χ1) is 9.29. The van der Waals surface area contributed by atoms with Crippen molar-refractivity contribution in [2.24, 2.45) is 0 Å². The van der Waals surface area contributed by atoms with Crippen LogP contribution in [0.2, 0.25) is 0 Å². The molecule has 0 N–H and O–H groups in total. The fourth-order valence-electron chi connectivity index (χ4n) is 2.24. The average molecular weight is 276 g/mol. The molecule has 0 amide bonds. The Morgan fingerprint density at radius 2 is 1.95 bits per heavy atom. The van der Waals surface area contributed by atoms with Crippen LogP contribution < -0.4 is 9.47 Å². The van der Waals surface area contributed by atoms with Crippen LogP contribution in [0.15, 0.2) is 30.5 Å². The lowest BCUT2D eigenvalue weighted by molar-refractivity contribution is 0.171. The zero-order valence-electron chi connectivity index (χ0n) is 10.6. The quantitative estimate of drug-likeness (QED) is 0.785. The van der Waals surface area contributed by atoms with Crippen molar-refractivity contribution in [1.29, 1.82) is 0 Å². The number of halogens is 1. The molecule has 0 fully saturated rings. The lowest BCUT2D eigenvalue weighted by Crippen LogP contribution is -2.15. The Balaban J connectivity index is 2.07. The number of pyridine rings is 1. The molecule has 98 valence electrons. The lowest BCUT2D eigenvalue weighted by atomic mass is 10.00. The second-order valence-corrected chi connectivity index (χ2v) is 4.69. The van der Waals surface area contributed by atoms with Crippen LogP contribution in [0.3, 0.4) is 0 Å². The Morgan fingerprint density at radius 1 is 1.16 bits per heavy atom. The lowest BCUT2D eigenvalue weighted by Gasteiger charge is -2.19. The fraction of sp³-hybridized carbons (Fsp3) is 0.267. The third-order valence-electron chi connectivity index (χ3n) is 3.29. The van der Waals surface area contributed by atoms with E-state index >= 15 is 0 Å². The zero-order chi connectivity index (χ0) is 13.2. The molecule has 0 aliphatic carbocycles. The van der Waals surface area contributed by atoms with E-state index in [9.17, 15) is 0 Å². The molecular formula is C15H14ClNO2. The summed E-state index contributed by atoms with van der Waals surface area (Å²) in [5.74, 6) is 2.02. The van der Waals surface area contributed by atoms with Gasteiger partial charge in [0.05, 0.1) is 11.6 Å². The van der Waals surface area contributed by atoms with Gasteiger partial charge in [-0.2, -0.15) is 0 Å². The van der Waals surface area contributed by atoms with Crippen LogP contribution in [-0.2, 0) is 5.88 Å². The van der Waals surface area contributed by atoms with Crippen molar-refractivity contribution in [3.8, 4) is 22.6 Å². The molecule has 2 aromatic rings. The Morgan fingerprint density at radius 3 is 2.74 bits per heavy atom. The minimum absolute atomic E-state index is 0.421. The molecule has 1 aliphatic rings. The summed E-state index contributed by atoms with van der Waals surface area (Å²) in [7, 11) is 0. The van der Waals surface area contributed by atoms with Crippen molar-refractivity contribution < 1.29 is 9.47 Å². The van der Waals surface area contributed by atoms with Gasteiger partial charge in [-0.1, -0.05) is 6.07 Å². The Kier molecular flexibility index (Phi) is 3.30. The SMILES string of the molecule is Cc1c(-c2ccc3c(c2)OCCO3)ccnc1CCl. The van der Waals surface area contributed by atoms with E-state index in [0.29, 0.717) is 19.1 Å². The van der Waals surface area contributed by atoms with Crippen LogP contribution in [0.5, 0.6) is 11.5 Å². The summed E-state index contributed by atoms with van der Waals surface area (Å²) < 4.78 is 11.1. The molecule has 0 saturated carbocycles. The van der Waals surface area contributed by atoms with Gasteiger partial charge in [-0.15, -0.1) is 11.6 Å². The van der Waals surface area contributed by atoms with E-state index in [1.165, 1.54) is 0 Å². The number of hydrogen-bond donors (Lipinski definition) is 0. The van der Waals surface area contributed by atoms with Gasteiger partial charge in [0.25, 0.3) is 0 Å². The zero-order valence-corrected chi connectivity index (χ0v) is 11.4. The molecule has 1 aromatic heterocycles. The number of nitrogens with zero attached hydrogens (tertiary/aromatic N) is 1. The minimum Gasteiger partial charge on any atom is -0.486 e. The van der Waals surface area contributed by atoms with Crippen molar-refractivity contribution in [1.82, 2.24) is 4.98 Å². The molecule has 1 aromatic carbocycles. The summed E-state index contributed by atoms with van der Waals surface area (Å²) in [5.41, 5.74) is 4.24. The van der Waals surface area contributed by atoms with Crippen molar-refractivity contribution in [2.75, 3.05) is 13.2 Å². The van der Waals surface area contributed by atoms with Crippen molar-refractivity contribution in [3.63, 3.8) is 0 Å². The Labute approximate surface area is 117 Å². The van der Waals surface area contributed by atoms with E-state index in [0.717, 1.165) is 33.9 Å². The third-order valence-corrected chi connectivity index (χ3v) is 3.54. The van der Waals surface area contributed by atoms with Crippen LogP contribution in [0.4, 0.5) is 0 Å². The summed E-state index contributed by atoms with van der Waals surface area (Å²) in [6, 6.07) is 7.99. The fourth-order valence-corrected chi connectivity index (χ4v) is 2.51. The maximum absolute atomic E-state index is 5.90. The van der Waals surface area contributed by atoms with E-state index in [2.05, 4.69) is 4.98 Å². The van der Waals surface area contributed by atoms with Gasteiger partial charge >= 0.3 is 0 Å². The number of ether oxygens (including phenoxy) is 2. The highest BCUT2D eigenvalue weighted by Gasteiger charge is 2.14. The van der Waals surface area contributed by atoms with Crippen molar-refractivity contribution in [2.45, 2.75) is 12.8 Å². The van der Waals surface area contributed by atoms with Gasteiger partial charge in [0, 0.05) is 6.20 Å². The summed E-state index contributed by atoms with van der Waals surface area (Å²) in [6.07, 6.45) is 1.79. The first-order valence-electron chi connectivity index (χ1n) is 6.20. The summed E-state index contributed by atoms with van der Waals surface area (Å²) >= 11 is 5.90. The molecule has 0 unspecified atom stereocenters. The van der Waals surface area contributed by atoms with Gasteiger partial charge < -0.3 is 9.47 Å². The largest absolute Gasteiger partial charge is 0.486 e. The van der Waals surface area contributed by atoms with Crippen molar-refractivity contribution in [3.05, 3.63) is 41.7 Å². The molecule has 0 bridgehead atoms. The number of rotatable bonds is 2. The molecule has 3 nitrogen and oxygen atoms in total. The van der Waals surface area contributed by atoms with Crippen molar-refractivity contribution >= 4 is 11.6 Å². The number of alkyl halides is 1. The molecule has 0 spiro atoms. The second-order valence-electron chi connectivity index (χ2n) is 4.42. The predicted octanol–water partition coefficient (Wildman–Crippen LogP) is 3.57. The second kappa shape index (κ2) is 5.10. The van der Waals surface area contributed by atoms with Crippen LogP contribution >= 0.6 is 11.6 Å². The highest BCUT2D eigenvalue weighted by atomic mass is 35.5. The van der Waals surface area contributed by atoms with E-state index in [1.54, 1.807) is 6.20 Å². The van der Waals surface area contributed by atoms with Crippen LogP contribution in [0.25, 0.3) is 11.1 Å². The van der Waals surface area contributed by atoms with E-state index in [4.69, 9.17) is 21.1 Å². The average Bonchev–Trinajstić information content (AvgIpc) is 2.47. The standard InChI is InChI=1S/C15H14ClNO2/c1-10-12(4-5-17-13(10)9-16)11-2-3-14-15(8-11)19-7-6-18-14/h2-5,8H,6-7,9H2,1H3. The van der Waals surface area contributed by atoms with E-state index in [1.807, 2.05) is 31.2 Å². The third kappa shape index (κ3) is 2.26. The maximum atomic E-state index is 5.90. The van der Waals surface area contributed by atoms with Crippen LogP contribution in [-0.4, -0.2) is 18.2 Å². The Hall–Kier alpha value is -1.74. The minimum atomic E-state index is 0.421. The number of aromatic nitrogens is 1. The predicted molar refractivity (Wildman–Crippen MR) is 75.0 cm³/mol. The summed E-state index contributed by atoms with van der Waals surface area (Å²) in [6.45, 7) is 3.24. The molecular weight excluding hydrogens is 262 g/mol. The molecule has 19 heavy (non-hydrogen) atoms. The molecule has 0 radical (unpaired) electrons. The highest BCUT2D eigenvalue weighted by molar-refractivity contribution is 6.17. The monoisotopic (exact) mass is 275 g/mol. The number of benzene rings is 1. The molecule has 0 atom stereocenters. The molecule has 1 aliphatic heterocycles. The summed E-state index contributed by atoms with van der Waals surface area (Å²) in [5, 5.41) is 0. The highest BCUT2D eigenvalue weighted by Crippen LogP contribution is 2.35. The van der Waals surface area contributed by atoms with Gasteiger partial charge in [-0.25, -0.2) is 0 Å².